The van der Waals surface area contributed by atoms with Crippen LogP contribution in [0.15, 0.2) is 42.5 Å². The van der Waals surface area contributed by atoms with Gasteiger partial charge in [0, 0.05) is 5.56 Å². The lowest BCUT2D eigenvalue weighted by Gasteiger charge is -2.09. The van der Waals surface area contributed by atoms with E-state index in [1.165, 1.54) is 12.1 Å². The molecule has 5 heteroatoms. The standard InChI is InChI=1S/C17H18FNO3/c1-12-11-13(3-8-16(12)21-2)17(20)19-9-10-22-15-6-4-14(18)5-7-15/h3-8,11H,9-10H2,1-2H3,(H,19,20). The third kappa shape index (κ3) is 4.22. The maximum Gasteiger partial charge on any atom is 0.251 e. The molecule has 2 aromatic carbocycles. The van der Waals surface area contributed by atoms with Crippen LogP contribution >= 0.6 is 0 Å². The summed E-state index contributed by atoms with van der Waals surface area (Å²) in [5, 5.41) is 2.77. The van der Waals surface area contributed by atoms with Gasteiger partial charge >= 0.3 is 0 Å². The number of carbonyl (C=O) groups is 1. The number of benzene rings is 2. The highest BCUT2D eigenvalue weighted by Crippen LogP contribution is 2.18. The molecule has 0 saturated carbocycles. The van der Waals surface area contributed by atoms with Gasteiger partial charge < -0.3 is 14.8 Å². The molecule has 2 aromatic rings. The smallest absolute Gasteiger partial charge is 0.251 e. The van der Waals surface area contributed by atoms with E-state index < -0.39 is 0 Å². The molecule has 0 aliphatic heterocycles. The lowest BCUT2D eigenvalue weighted by Crippen LogP contribution is -2.28. The number of carbonyl (C=O) groups excluding carboxylic acids is 1. The molecular formula is C17H18FNO3. The number of hydrogen-bond donors (Lipinski definition) is 1. The summed E-state index contributed by atoms with van der Waals surface area (Å²) in [5.74, 6) is 0.830. The number of hydrogen-bond acceptors (Lipinski definition) is 3. The van der Waals surface area contributed by atoms with Gasteiger partial charge in [-0.3, -0.25) is 4.79 Å². The predicted molar refractivity (Wildman–Crippen MR) is 82.0 cm³/mol. The van der Waals surface area contributed by atoms with Crippen molar-refractivity contribution < 1.29 is 18.7 Å². The van der Waals surface area contributed by atoms with Gasteiger partial charge in [-0.15, -0.1) is 0 Å². The lowest BCUT2D eigenvalue weighted by molar-refractivity contribution is 0.0947. The summed E-state index contributed by atoms with van der Waals surface area (Å²) in [4.78, 5) is 12.0. The predicted octanol–water partition coefficient (Wildman–Crippen LogP) is 2.95. The zero-order chi connectivity index (χ0) is 15.9. The number of aryl methyl sites for hydroxylation is 1. The summed E-state index contributed by atoms with van der Waals surface area (Å²) < 4.78 is 23.3. The molecule has 0 spiro atoms. The highest BCUT2D eigenvalue weighted by atomic mass is 19.1. The molecule has 1 N–H and O–H groups in total. The molecule has 4 nitrogen and oxygen atoms in total. The lowest BCUT2D eigenvalue weighted by atomic mass is 10.1. The van der Waals surface area contributed by atoms with E-state index in [0.717, 1.165) is 11.3 Å². The van der Waals surface area contributed by atoms with E-state index in [-0.39, 0.29) is 11.7 Å². The second-order valence-electron chi connectivity index (χ2n) is 4.74. The van der Waals surface area contributed by atoms with E-state index in [9.17, 15) is 9.18 Å². The van der Waals surface area contributed by atoms with E-state index in [1.54, 1.807) is 37.4 Å². The van der Waals surface area contributed by atoms with E-state index in [0.29, 0.717) is 24.5 Å². The monoisotopic (exact) mass is 303 g/mol. The summed E-state index contributed by atoms with van der Waals surface area (Å²) in [5.41, 5.74) is 1.47. The Kier molecular flexibility index (Phi) is 5.36. The number of ether oxygens (including phenoxy) is 2. The Morgan fingerprint density at radius 2 is 1.91 bits per heavy atom. The van der Waals surface area contributed by atoms with Gasteiger partial charge in [-0.05, 0) is 55.0 Å². The van der Waals surface area contributed by atoms with Crippen molar-refractivity contribution in [2.45, 2.75) is 6.92 Å². The van der Waals surface area contributed by atoms with E-state index in [2.05, 4.69) is 5.32 Å². The molecular weight excluding hydrogens is 285 g/mol. The van der Waals surface area contributed by atoms with Gasteiger partial charge in [-0.1, -0.05) is 0 Å². The van der Waals surface area contributed by atoms with Gasteiger partial charge in [-0.25, -0.2) is 4.39 Å². The minimum Gasteiger partial charge on any atom is -0.496 e. The topological polar surface area (TPSA) is 47.6 Å². The minimum absolute atomic E-state index is 0.173. The van der Waals surface area contributed by atoms with Crippen LogP contribution in [-0.4, -0.2) is 26.2 Å². The molecule has 22 heavy (non-hydrogen) atoms. The number of halogens is 1. The molecule has 0 radical (unpaired) electrons. The van der Waals surface area contributed by atoms with E-state index in [1.807, 2.05) is 6.92 Å². The summed E-state index contributed by atoms with van der Waals surface area (Å²) in [6.45, 7) is 2.56. The van der Waals surface area contributed by atoms with Gasteiger partial charge in [-0.2, -0.15) is 0 Å². The van der Waals surface area contributed by atoms with Crippen molar-refractivity contribution in [3.05, 3.63) is 59.4 Å². The van der Waals surface area contributed by atoms with Gasteiger partial charge in [0.05, 0.1) is 13.7 Å². The first-order valence-electron chi connectivity index (χ1n) is 6.91. The fourth-order valence-electron chi connectivity index (χ4n) is 1.99. The molecule has 0 atom stereocenters. The van der Waals surface area contributed by atoms with Crippen LogP contribution in [0.25, 0.3) is 0 Å². The molecule has 2 rings (SSSR count). The second-order valence-corrected chi connectivity index (χ2v) is 4.74. The largest absolute Gasteiger partial charge is 0.496 e. The summed E-state index contributed by atoms with van der Waals surface area (Å²) in [6, 6.07) is 11.0. The fraction of sp³-hybridized carbons (Fsp3) is 0.235. The van der Waals surface area contributed by atoms with Crippen LogP contribution in [0, 0.1) is 12.7 Å². The molecule has 0 unspecified atom stereocenters. The molecule has 0 aliphatic carbocycles. The number of methoxy groups -OCH3 is 1. The molecule has 0 bridgehead atoms. The Morgan fingerprint density at radius 3 is 2.55 bits per heavy atom. The van der Waals surface area contributed by atoms with Gasteiger partial charge in [0.25, 0.3) is 5.91 Å². The molecule has 116 valence electrons. The zero-order valence-electron chi connectivity index (χ0n) is 12.6. The third-order valence-electron chi connectivity index (χ3n) is 3.13. The van der Waals surface area contributed by atoms with Gasteiger partial charge in [0.2, 0.25) is 0 Å². The van der Waals surface area contributed by atoms with Crippen LogP contribution in [-0.2, 0) is 0 Å². The van der Waals surface area contributed by atoms with Gasteiger partial charge in [0.15, 0.2) is 0 Å². The maximum absolute atomic E-state index is 12.7. The van der Waals surface area contributed by atoms with Crippen LogP contribution in [0.3, 0.4) is 0 Å². The highest BCUT2D eigenvalue weighted by Gasteiger charge is 2.07. The molecule has 0 saturated heterocycles. The summed E-state index contributed by atoms with van der Waals surface area (Å²) in [6.07, 6.45) is 0. The van der Waals surface area contributed by atoms with E-state index >= 15 is 0 Å². The SMILES string of the molecule is COc1ccc(C(=O)NCCOc2ccc(F)cc2)cc1C. The van der Waals surface area contributed by atoms with Crippen LogP contribution in [0.4, 0.5) is 4.39 Å². The van der Waals surface area contributed by atoms with Crippen molar-refractivity contribution >= 4 is 5.91 Å². The Bertz CT molecular complexity index is 641. The Labute approximate surface area is 128 Å². The van der Waals surface area contributed by atoms with Crippen molar-refractivity contribution in [3.8, 4) is 11.5 Å². The summed E-state index contributed by atoms with van der Waals surface area (Å²) >= 11 is 0. The maximum atomic E-state index is 12.7. The Morgan fingerprint density at radius 1 is 1.18 bits per heavy atom. The summed E-state index contributed by atoms with van der Waals surface area (Å²) in [7, 11) is 1.59. The van der Waals surface area contributed by atoms with Crippen LogP contribution in [0.1, 0.15) is 15.9 Å². The number of amides is 1. The van der Waals surface area contributed by atoms with Crippen LogP contribution < -0.4 is 14.8 Å². The highest BCUT2D eigenvalue weighted by molar-refractivity contribution is 5.94. The van der Waals surface area contributed by atoms with Crippen molar-refractivity contribution in [2.75, 3.05) is 20.3 Å². The Hall–Kier alpha value is -2.56. The number of nitrogens with one attached hydrogen (secondary N) is 1. The average molecular weight is 303 g/mol. The van der Waals surface area contributed by atoms with Crippen molar-refractivity contribution in [1.82, 2.24) is 5.32 Å². The average Bonchev–Trinajstić information content (AvgIpc) is 2.53. The van der Waals surface area contributed by atoms with Gasteiger partial charge in [0.1, 0.15) is 23.9 Å². The van der Waals surface area contributed by atoms with Crippen LogP contribution in [0.2, 0.25) is 0 Å². The van der Waals surface area contributed by atoms with Crippen LogP contribution in [0.5, 0.6) is 11.5 Å². The normalized spacial score (nSPS) is 10.1. The third-order valence-corrected chi connectivity index (χ3v) is 3.13. The molecule has 0 aliphatic rings. The molecule has 0 fully saturated rings. The quantitative estimate of drug-likeness (QED) is 0.835. The van der Waals surface area contributed by atoms with Crippen molar-refractivity contribution in [3.63, 3.8) is 0 Å². The first-order chi connectivity index (χ1) is 10.6. The molecule has 0 aromatic heterocycles. The van der Waals surface area contributed by atoms with Crippen molar-refractivity contribution in [1.29, 1.82) is 0 Å². The molecule has 0 heterocycles. The van der Waals surface area contributed by atoms with E-state index in [4.69, 9.17) is 9.47 Å². The zero-order valence-corrected chi connectivity index (χ0v) is 12.6. The second kappa shape index (κ2) is 7.45. The van der Waals surface area contributed by atoms with Crippen molar-refractivity contribution in [2.24, 2.45) is 0 Å². The fourth-order valence-corrected chi connectivity index (χ4v) is 1.99. The first kappa shape index (κ1) is 15.8. The molecule has 1 amide bonds. The first-order valence-corrected chi connectivity index (χ1v) is 6.91. The number of rotatable bonds is 6. The Balaban J connectivity index is 1.80. The minimum atomic E-state index is -0.310.